The molecule has 4 unspecified atom stereocenters. The molecule has 6 nitrogen and oxygen atoms in total. The van der Waals surface area contributed by atoms with E-state index >= 15 is 0 Å². The molecule has 1 aromatic carbocycles. The quantitative estimate of drug-likeness (QED) is 0.541. The molecule has 0 aromatic heterocycles. The summed E-state index contributed by atoms with van der Waals surface area (Å²) in [7, 11) is 0. The SMILES string of the molecule is CC1(C)CC(=O)C2C(C1)OC1CC(C)(C)CC(=O)C1C2c1ccccc1[N+](=O)[O-]. The summed E-state index contributed by atoms with van der Waals surface area (Å²) in [5.41, 5.74) is 0.151. The summed E-state index contributed by atoms with van der Waals surface area (Å²) in [5, 5.41) is 11.8. The van der Waals surface area contributed by atoms with Crippen LogP contribution in [0.3, 0.4) is 0 Å². The molecule has 3 fully saturated rings. The van der Waals surface area contributed by atoms with E-state index in [2.05, 4.69) is 27.7 Å². The summed E-state index contributed by atoms with van der Waals surface area (Å²) in [6.07, 6.45) is 1.65. The standard InChI is InChI=1S/C23H29NO5/c1-22(2)9-15(25)20-17(11-22)29-18-12-23(3,4)10-16(26)21(18)19(20)13-7-5-6-8-14(13)24(27)28/h5-8,17-21H,9-12H2,1-4H3. The van der Waals surface area contributed by atoms with Gasteiger partial charge in [0.2, 0.25) is 0 Å². The van der Waals surface area contributed by atoms with E-state index < -0.39 is 22.7 Å². The van der Waals surface area contributed by atoms with Crippen molar-refractivity contribution in [1.82, 2.24) is 0 Å². The number of rotatable bonds is 2. The molecule has 0 spiro atoms. The largest absolute Gasteiger partial charge is 0.373 e. The monoisotopic (exact) mass is 399 g/mol. The molecule has 156 valence electrons. The zero-order chi connectivity index (χ0) is 21.1. The number of benzene rings is 1. The number of nitrogens with zero attached hydrogens (tertiary/aromatic N) is 1. The molecule has 2 aliphatic carbocycles. The van der Waals surface area contributed by atoms with Crippen LogP contribution in [0.25, 0.3) is 0 Å². The van der Waals surface area contributed by atoms with Crippen molar-refractivity contribution in [3.8, 4) is 0 Å². The number of nitro benzene ring substituents is 1. The van der Waals surface area contributed by atoms with Gasteiger partial charge in [-0.3, -0.25) is 19.7 Å². The van der Waals surface area contributed by atoms with E-state index in [9.17, 15) is 19.7 Å². The Hall–Kier alpha value is -2.08. The molecule has 1 saturated heterocycles. The zero-order valence-corrected chi connectivity index (χ0v) is 17.5. The molecule has 4 rings (SSSR count). The number of para-hydroxylation sites is 1. The van der Waals surface area contributed by atoms with Crippen molar-refractivity contribution in [2.75, 3.05) is 0 Å². The Labute approximate surface area is 171 Å². The molecule has 6 heteroatoms. The van der Waals surface area contributed by atoms with E-state index in [1.807, 2.05) is 0 Å². The molecular formula is C23H29NO5. The fourth-order valence-electron chi connectivity index (χ4n) is 5.98. The van der Waals surface area contributed by atoms with Crippen molar-refractivity contribution in [3.63, 3.8) is 0 Å². The topological polar surface area (TPSA) is 86.5 Å². The molecule has 4 atom stereocenters. The highest BCUT2D eigenvalue weighted by Crippen LogP contribution is 2.55. The van der Waals surface area contributed by atoms with Crippen molar-refractivity contribution in [1.29, 1.82) is 0 Å². The van der Waals surface area contributed by atoms with Gasteiger partial charge in [-0.15, -0.1) is 0 Å². The number of ketones is 2. The van der Waals surface area contributed by atoms with Gasteiger partial charge in [-0.25, -0.2) is 0 Å². The number of carbonyl (C=O) groups excluding carboxylic acids is 2. The zero-order valence-electron chi connectivity index (χ0n) is 17.5. The van der Waals surface area contributed by atoms with Crippen molar-refractivity contribution in [2.24, 2.45) is 22.7 Å². The lowest BCUT2D eigenvalue weighted by molar-refractivity contribution is -0.386. The average molecular weight is 399 g/mol. The number of hydrogen-bond donors (Lipinski definition) is 0. The Kier molecular flexibility index (Phi) is 4.69. The van der Waals surface area contributed by atoms with Gasteiger partial charge < -0.3 is 4.74 Å². The van der Waals surface area contributed by atoms with Gasteiger partial charge in [-0.2, -0.15) is 0 Å². The summed E-state index contributed by atoms with van der Waals surface area (Å²) in [6.45, 7) is 8.25. The van der Waals surface area contributed by atoms with E-state index in [1.54, 1.807) is 18.2 Å². The molecule has 0 radical (unpaired) electrons. The molecule has 0 N–H and O–H groups in total. The van der Waals surface area contributed by atoms with Crippen LogP contribution in [0.5, 0.6) is 0 Å². The third-order valence-electron chi connectivity index (χ3n) is 6.97. The van der Waals surface area contributed by atoms with Gasteiger partial charge in [0.25, 0.3) is 5.69 Å². The van der Waals surface area contributed by atoms with Gasteiger partial charge in [0.05, 0.1) is 29.0 Å². The van der Waals surface area contributed by atoms with E-state index in [1.165, 1.54) is 6.07 Å². The Morgan fingerprint density at radius 3 is 1.86 bits per heavy atom. The second-order valence-electron chi connectivity index (χ2n) is 10.6. The minimum atomic E-state index is -0.504. The average Bonchev–Trinajstić information content (AvgIpc) is 2.57. The van der Waals surface area contributed by atoms with E-state index in [0.717, 1.165) is 12.8 Å². The molecule has 29 heavy (non-hydrogen) atoms. The van der Waals surface area contributed by atoms with Crippen LogP contribution < -0.4 is 0 Å². The first kappa shape index (κ1) is 20.2. The van der Waals surface area contributed by atoms with E-state index in [-0.39, 0.29) is 40.3 Å². The van der Waals surface area contributed by atoms with Crippen LogP contribution in [0.15, 0.2) is 24.3 Å². The maximum Gasteiger partial charge on any atom is 0.272 e. The predicted molar refractivity (Wildman–Crippen MR) is 108 cm³/mol. The van der Waals surface area contributed by atoms with Crippen LogP contribution in [0.4, 0.5) is 5.69 Å². The molecule has 1 heterocycles. The van der Waals surface area contributed by atoms with Crippen LogP contribution in [0.2, 0.25) is 0 Å². The van der Waals surface area contributed by atoms with E-state index in [4.69, 9.17) is 4.74 Å². The Balaban J connectivity index is 1.86. The van der Waals surface area contributed by atoms with Crippen LogP contribution >= 0.6 is 0 Å². The molecule has 2 saturated carbocycles. The first-order chi connectivity index (χ1) is 13.5. The Morgan fingerprint density at radius 2 is 1.38 bits per heavy atom. The van der Waals surface area contributed by atoms with Crippen molar-refractivity contribution in [3.05, 3.63) is 39.9 Å². The third kappa shape index (κ3) is 3.52. The van der Waals surface area contributed by atoms with Gasteiger partial charge in [0.15, 0.2) is 0 Å². The Morgan fingerprint density at radius 1 is 0.897 bits per heavy atom. The maximum atomic E-state index is 13.3. The van der Waals surface area contributed by atoms with Crippen LogP contribution in [-0.2, 0) is 14.3 Å². The van der Waals surface area contributed by atoms with Gasteiger partial charge in [0, 0.05) is 30.4 Å². The van der Waals surface area contributed by atoms with Gasteiger partial charge in [0.1, 0.15) is 11.6 Å². The molecule has 0 amide bonds. The van der Waals surface area contributed by atoms with Crippen molar-refractivity contribution in [2.45, 2.75) is 71.5 Å². The first-order valence-corrected chi connectivity index (χ1v) is 10.4. The highest BCUT2D eigenvalue weighted by atomic mass is 16.6. The number of fused-ring (bicyclic) bond motifs is 2. The summed E-state index contributed by atoms with van der Waals surface area (Å²) in [4.78, 5) is 37.9. The lowest BCUT2D eigenvalue weighted by Gasteiger charge is -2.54. The molecular weight excluding hydrogens is 370 g/mol. The number of hydrogen-bond acceptors (Lipinski definition) is 5. The second-order valence-corrected chi connectivity index (χ2v) is 10.6. The van der Waals surface area contributed by atoms with E-state index in [0.29, 0.717) is 18.4 Å². The smallest absolute Gasteiger partial charge is 0.272 e. The molecule has 1 aliphatic heterocycles. The van der Waals surface area contributed by atoms with Gasteiger partial charge in [-0.05, 0) is 23.7 Å². The van der Waals surface area contributed by atoms with Crippen LogP contribution in [0.1, 0.15) is 64.9 Å². The third-order valence-corrected chi connectivity index (χ3v) is 6.97. The van der Waals surface area contributed by atoms with Gasteiger partial charge in [-0.1, -0.05) is 45.9 Å². The minimum Gasteiger partial charge on any atom is -0.373 e. The maximum absolute atomic E-state index is 13.3. The fourth-order valence-corrected chi connectivity index (χ4v) is 5.98. The number of Topliss-reactive ketones (excluding diaryl/α,β-unsaturated/α-hetero) is 2. The van der Waals surface area contributed by atoms with Crippen LogP contribution in [-0.4, -0.2) is 28.7 Å². The second kappa shape index (κ2) is 6.73. The highest BCUT2D eigenvalue weighted by molar-refractivity contribution is 5.89. The van der Waals surface area contributed by atoms with Crippen molar-refractivity contribution < 1.29 is 19.2 Å². The van der Waals surface area contributed by atoms with Crippen molar-refractivity contribution >= 4 is 17.3 Å². The molecule has 3 aliphatic rings. The number of nitro groups is 1. The number of carbonyl (C=O) groups is 2. The fraction of sp³-hybridized carbons (Fsp3) is 0.652. The predicted octanol–water partition coefficient (Wildman–Crippen LogP) is 4.46. The Bertz CT molecular complexity index is 832. The first-order valence-electron chi connectivity index (χ1n) is 10.4. The molecule has 1 aromatic rings. The van der Waals surface area contributed by atoms with Crippen LogP contribution in [0, 0.1) is 32.8 Å². The van der Waals surface area contributed by atoms with Gasteiger partial charge >= 0.3 is 0 Å². The highest BCUT2D eigenvalue weighted by Gasteiger charge is 2.58. The summed E-state index contributed by atoms with van der Waals surface area (Å²) in [6, 6.07) is 6.59. The normalized spacial score (nSPS) is 35.5. The minimum absolute atomic E-state index is 0.00725. The molecule has 0 bridgehead atoms. The summed E-state index contributed by atoms with van der Waals surface area (Å²) < 4.78 is 6.45. The lowest BCUT2D eigenvalue weighted by Crippen LogP contribution is -2.58. The summed E-state index contributed by atoms with van der Waals surface area (Å²) in [5.74, 6) is -1.38. The summed E-state index contributed by atoms with van der Waals surface area (Å²) >= 11 is 0. The number of ether oxygens (including phenoxy) is 1. The lowest BCUT2D eigenvalue weighted by atomic mass is 9.56.